The Balaban J connectivity index is 2.16. The van der Waals surface area contributed by atoms with Crippen molar-refractivity contribution in [2.24, 2.45) is 5.92 Å². The van der Waals surface area contributed by atoms with Crippen LogP contribution in [0.4, 0.5) is 0 Å². The lowest BCUT2D eigenvalue weighted by atomic mass is 9.96. The van der Waals surface area contributed by atoms with Gasteiger partial charge in [-0.1, -0.05) is 13.3 Å². The number of carboxylic acids is 1. The minimum absolute atomic E-state index is 0.292. The molecule has 0 aromatic heterocycles. The first-order valence-electron chi connectivity index (χ1n) is 6.17. The Morgan fingerprint density at radius 3 is 2.69 bits per heavy atom. The molecular weight excluding hydrogens is 206 g/mol. The summed E-state index contributed by atoms with van der Waals surface area (Å²) in [4.78, 5) is 11.2. The summed E-state index contributed by atoms with van der Waals surface area (Å²) in [5.41, 5.74) is -0.756. The highest BCUT2D eigenvalue weighted by molar-refractivity contribution is 5.79. The quantitative estimate of drug-likeness (QED) is 0.590. The molecule has 0 saturated heterocycles. The molecule has 0 bridgehead atoms. The summed E-state index contributed by atoms with van der Waals surface area (Å²) < 4.78 is 5.39. The van der Waals surface area contributed by atoms with E-state index in [1.165, 1.54) is 0 Å². The second kappa shape index (κ2) is 6.21. The van der Waals surface area contributed by atoms with Gasteiger partial charge in [0.1, 0.15) is 5.54 Å². The molecule has 1 aliphatic rings. The van der Waals surface area contributed by atoms with Crippen LogP contribution in [0.5, 0.6) is 0 Å². The molecule has 1 fully saturated rings. The highest BCUT2D eigenvalue weighted by Crippen LogP contribution is 2.39. The molecule has 1 saturated carbocycles. The van der Waals surface area contributed by atoms with Gasteiger partial charge in [0.05, 0.1) is 6.61 Å². The van der Waals surface area contributed by atoms with Crippen LogP contribution >= 0.6 is 0 Å². The maximum absolute atomic E-state index is 11.2. The summed E-state index contributed by atoms with van der Waals surface area (Å²) in [7, 11) is 0. The lowest BCUT2D eigenvalue weighted by molar-refractivity contribution is -0.145. The molecule has 0 aromatic carbocycles. The summed E-state index contributed by atoms with van der Waals surface area (Å²) in [6, 6.07) is 0. The van der Waals surface area contributed by atoms with Gasteiger partial charge < -0.3 is 9.84 Å². The number of hydrogen-bond acceptors (Lipinski definition) is 3. The van der Waals surface area contributed by atoms with Crippen LogP contribution in [0.3, 0.4) is 0 Å². The Labute approximate surface area is 97.4 Å². The lowest BCUT2D eigenvalue weighted by Gasteiger charge is -2.26. The molecule has 1 rings (SSSR count). The first-order chi connectivity index (χ1) is 7.61. The molecule has 0 aromatic rings. The number of nitrogens with one attached hydrogen (secondary N) is 1. The predicted molar refractivity (Wildman–Crippen MR) is 62.5 cm³/mol. The summed E-state index contributed by atoms with van der Waals surface area (Å²) in [5, 5.41) is 12.3. The first kappa shape index (κ1) is 13.5. The van der Waals surface area contributed by atoms with Crippen LogP contribution in [0.15, 0.2) is 0 Å². The second-order valence-corrected chi connectivity index (χ2v) is 4.67. The molecule has 0 heterocycles. The third kappa shape index (κ3) is 3.76. The highest BCUT2D eigenvalue weighted by Gasteiger charge is 2.46. The topological polar surface area (TPSA) is 58.6 Å². The molecule has 1 atom stereocenters. The van der Waals surface area contributed by atoms with Crippen molar-refractivity contribution in [2.75, 3.05) is 19.8 Å². The van der Waals surface area contributed by atoms with Crippen LogP contribution in [0, 0.1) is 5.92 Å². The molecule has 0 aliphatic heterocycles. The number of hydrogen-bond donors (Lipinski definition) is 2. The fourth-order valence-electron chi connectivity index (χ4n) is 1.79. The molecule has 16 heavy (non-hydrogen) atoms. The smallest absolute Gasteiger partial charge is 0.323 e. The van der Waals surface area contributed by atoms with Crippen molar-refractivity contribution in [3.05, 3.63) is 0 Å². The number of aliphatic carboxylic acids is 1. The minimum atomic E-state index is -0.756. The van der Waals surface area contributed by atoms with Gasteiger partial charge in [0.15, 0.2) is 0 Å². The van der Waals surface area contributed by atoms with Gasteiger partial charge in [0.2, 0.25) is 0 Å². The van der Waals surface area contributed by atoms with Crippen LogP contribution in [0.2, 0.25) is 0 Å². The minimum Gasteiger partial charge on any atom is -0.480 e. The van der Waals surface area contributed by atoms with Gasteiger partial charge in [-0.3, -0.25) is 10.1 Å². The zero-order chi connectivity index (χ0) is 12.0. The van der Waals surface area contributed by atoms with E-state index in [-0.39, 0.29) is 0 Å². The van der Waals surface area contributed by atoms with Crippen LogP contribution in [-0.4, -0.2) is 36.4 Å². The normalized spacial score (nSPS) is 19.4. The van der Waals surface area contributed by atoms with E-state index in [0.29, 0.717) is 19.1 Å². The van der Waals surface area contributed by atoms with E-state index < -0.39 is 11.5 Å². The molecule has 4 nitrogen and oxygen atoms in total. The number of ether oxygens (including phenoxy) is 1. The third-order valence-corrected chi connectivity index (χ3v) is 3.22. The molecule has 2 N–H and O–H groups in total. The fraction of sp³-hybridized carbons (Fsp3) is 0.917. The molecule has 4 heteroatoms. The number of carbonyl (C=O) groups is 1. The SMILES string of the molecule is CCCCOCCNC(C)(C(=O)O)C1CC1. The largest absolute Gasteiger partial charge is 0.480 e. The molecule has 1 aliphatic carbocycles. The Bertz CT molecular complexity index is 228. The van der Waals surface area contributed by atoms with E-state index in [4.69, 9.17) is 4.74 Å². The summed E-state index contributed by atoms with van der Waals surface area (Å²) in [6.07, 6.45) is 4.24. The molecule has 0 radical (unpaired) electrons. The standard InChI is InChI=1S/C12H23NO3/c1-3-4-8-16-9-7-13-12(2,11(14)15)10-5-6-10/h10,13H,3-9H2,1-2H3,(H,14,15). The Kier molecular flexibility index (Phi) is 5.22. The van der Waals surface area contributed by atoms with Crippen molar-refractivity contribution in [1.29, 1.82) is 0 Å². The molecular formula is C12H23NO3. The van der Waals surface area contributed by atoms with Crippen LogP contribution < -0.4 is 5.32 Å². The summed E-state index contributed by atoms with van der Waals surface area (Å²) >= 11 is 0. The monoisotopic (exact) mass is 229 g/mol. The molecule has 1 unspecified atom stereocenters. The molecule has 0 amide bonds. The zero-order valence-corrected chi connectivity index (χ0v) is 10.3. The van der Waals surface area contributed by atoms with E-state index in [0.717, 1.165) is 32.3 Å². The predicted octanol–water partition coefficient (Wildman–Crippen LogP) is 1.65. The number of rotatable bonds is 9. The van der Waals surface area contributed by atoms with Crippen molar-refractivity contribution in [3.8, 4) is 0 Å². The van der Waals surface area contributed by atoms with E-state index >= 15 is 0 Å². The fourth-order valence-corrected chi connectivity index (χ4v) is 1.79. The van der Waals surface area contributed by atoms with Crippen molar-refractivity contribution >= 4 is 5.97 Å². The van der Waals surface area contributed by atoms with Gasteiger partial charge >= 0.3 is 5.97 Å². The van der Waals surface area contributed by atoms with Gasteiger partial charge in [-0.25, -0.2) is 0 Å². The van der Waals surface area contributed by atoms with Gasteiger partial charge in [0.25, 0.3) is 0 Å². The van der Waals surface area contributed by atoms with Crippen molar-refractivity contribution in [2.45, 2.75) is 45.1 Å². The van der Waals surface area contributed by atoms with Crippen LogP contribution in [0.25, 0.3) is 0 Å². The number of carboxylic acid groups (broad SMARTS) is 1. The van der Waals surface area contributed by atoms with Gasteiger partial charge in [-0.15, -0.1) is 0 Å². The van der Waals surface area contributed by atoms with Crippen LogP contribution in [0.1, 0.15) is 39.5 Å². The Morgan fingerprint density at radius 1 is 1.50 bits per heavy atom. The zero-order valence-electron chi connectivity index (χ0n) is 10.3. The van der Waals surface area contributed by atoms with Crippen molar-refractivity contribution in [1.82, 2.24) is 5.32 Å². The molecule has 0 spiro atoms. The summed E-state index contributed by atoms with van der Waals surface area (Å²) in [6.45, 7) is 5.87. The number of unbranched alkanes of at least 4 members (excludes halogenated alkanes) is 1. The van der Waals surface area contributed by atoms with Gasteiger partial charge in [-0.05, 0) is 32.1 Å². The maximum atomic E-state index is 11.2. The average Bonchev–Trinajstić information content (AvgIpc) is 3.06. The Morgan fingerprint density at radius 2 is 2.19 bits per heavy atom. The van der Waals surface area contributed by atoms with E-state index in [1.54, 1.807) is 6.92 Å². The van der Waals surface area contributed by atoms with Gasteiger partial charge in [-0.2, -0.15) is 0 Å². The summed E-state index contributed by atoms with van der Waals surface area (Å²) in [5.74, 6) is -0.454. The second-order valence-electron chi connectivity index (χ2n) is 4.67. The van der Waals surface area contributed by atoms with Gasteiger partial charge in [0, 0.05) is 13.2 Å². The first-order valence-corrected chi connectivity index (χ1v) is 6.17. The van der Waals surface area contributed by atoms with Crippen LogP contribution in [-0.2, 0) is 9.53 Å². The molecule has 94 valence electrons. The van der Waals surface area contributed by atoms with Crippen molar-refractivity contribution < 1.29 is 14.6 Å². The van der Waals surface area contributed by atoms with Crippen molar-refractivity contribution in [3.63, 3.8) is 0 Å². The third-order valence-electron chi connectivity index (χ3n) is 3.22. The van der Waals surface area contributed by atoms with E-state index in [9.17, 15) is 9.90 Å². The average molecular weight is 229 g/mol. The lowest BCUT2D eigenvalue weighted by Crippen LogP contribution is -2.52. The highest BCUT2D eigenvalue weighted by atomic mass is 16.5. The maximum Gasteiger partial charge on any atom is 0.323 e. The van der Waals surface area contributed by atoms with E-state index in [1.807, 2.05) is 0 Å². The Hall–Kier alpha value is -0.610. The van der Waals surface area contributed by atoms with E-state index in [2.05, 4.69) is 12.2 Å².